The highest BCUT2D eigenvalue weighted by atomic mass is 35.5. The molecule has 3 rings (SSSR count). The number of pyridine rings is 1. The van der Waals surface area contributed by atoms with Crippen molar-refractivity contribution in [2.24, 2.45) is 5.10 Å². The number of aromatic hydroxyl groups is 1. The van der Waals surface area contributed by atoms with E-state index in [0.29, 0.717) is 28.0 Å². The fourth-order valence-electron chi connectivity index (χ4n) is 3.50. The number of carbonyl (C=O) groups is 1. The number of fused-ring (bicyclic) bond motifs is 1. The Balaban J connectivity index is 1.88. The number of nitrogens with zero attached hydrogens (tertiary/aromatic N) is 2. The lowest BCUT2D eigenvalue weighted by atomic mass is 10.1. The first kappa shape index (κ1) is 22.6. The Hall–Kier alpha value is -3.12. The Bertz CT molecular complexity index is 1150. The summed E-state index contributed by atoms with van der Waals surface area (Å²) in [7, 11) is 0. The zero-order chi connectivity index (χ0) is 22.2. The second kappa shape index (κ2) is 10.8. The molecule has 162 valence electrons. The molecule has 6 nitrogen and oxygen atoms in total. The SMILES string of the molecule is CCCCCCCn1c(=O)c(C(=O)N/N=C/c2cccc(Cl)c2)c(O)c2ccccc21. The number of hydrazone groups is 1. The molecule has 1 heterocycles. The minimum absolute atomic E-state index is 0.310. The molecule has 2 aromatic carbocycles. The van der Waals surface area contributed by atoms with Crippen LogP contribution in [-0.2, 0) is 6.54 Å². The summed E-state index contributed by atoms with van der Waals surface area (Å²) in [5, 5.41) is 15.6. The van der Waals surface area contributed by atoms with Gasteiger partial charge >= 0.3 is 0 Å². The highest BCUT2D eigenvalue weighted by Gasteiger charge is 2.21. The second-order valence-corrected chi connectivity index (χ2v) is 7.80. The molecule has 7 heteroatoms. The predicted molar refractivity (Wildman–Crippen MR) is 125 cm³/mol. The number of carbonyl (C=O) groups excluding carboxylic acids is 1. The van der Waals surface area contributed by atoms with Crippen LogP contribution in [0.2, 0.25) is 5.02 Å². The monoisotopic (exact) mass is 439 g/mol. The lowest BCUT2D eigenvalue weighted by Gasteiger charge is -2.14. The van der Waals surface area contributed by atoms with Gasteiger partial charge in [-0.05, 0) is 36.2 Å². The lowest BCUT2D eigenvalue weighted by molar-refractivity contribution is 0.0950. The van der Waals surface area contributed by atoms with E-state index in [0.717, 1.165) is 32.1 Å². The Morgan fingerprint density at radius 3 is 2.68 bits per heavy atom. The molecule has 0 aliphatic rings. The van der Waals surface area contributed by atoms with Gasteiger partial charge in [0, 0.05) is 17.0 Å². The van der Waals surface area contributed by atoms with Gasteiger partial charge in [-0.3, -0.25) is 9.59 Å². The molecule has 0 fully saturated rings. The third-order valence-electron chi connectivity index (χ3n) is 5.09. The van der Waals surface area contributed by atoms with Crippen LogP contribution >= 0.6 is 11.6 Å². The zero-order valence-electron chi connectivity index (χ0n) is 17.5. The van der Waals surface area contributed by atoms with Crippen LogP contribution in [0.1, 0.15) is 54.9 Å². The Labute approximate surface area is 186 Å². The summed E-state index contributed by atoms with van der Waals surface area (Å²) in [4.78, 5) is 25.8. The van der Waals surface area contributed by atoms with E-state index in [1.807, 2.05) is 6.07 Å². The van der Waals surface area contributed by atoms with Crippen molar-refractivity contribution in [1.29, 1.82) is 0 Å². The highest BCUT2D eigenvalue weighted by molar-refractivity contribution is 6.30. The Kier molecular flexibility index (Phi) is 7.84. The van der Waals surface area contributed by atoms with Crippen LogP contribution in [0.25, 0.3) is 10.9 Å². The molecule has 0 aliphatic heterocycles. The number of hydrogen-bond donors (Lipinski definition) is 2. The van der Waals surface area contributed by atoms with E-state index >= 15 is 0 Å². The number of hydrogen-bond acceptors (Lipinski definition) is 4. The topological polar surface area (TPSA) is 83.7 Å². The predicted octanol–water partition coefficient (Wildman–Crippen LogP) is 5.09. The molecule has 0 spiro atoms. The van der Waals surface area contributed by atoms with Crippen LogP contribution in [0.4, 0.5) is 0 Å². The Morgan fingerprint density at radius 1 is 1.13 bits per heavy atom. The van der Waals surface area contributed by atoms with Crippen molar-refractivity contribution < 1.29 is 9.90 Å². The molecule has 0 radical (unpaired) electrons. The number of unbranched alkanes of at least 4 members (excludes halogenated alkanes) is 4. The van der Waals surface area contributed by atoms with Gasteiger partial charge in [0.05, 0.1) is 11.7 Å². The molecule has 0 bridgehead atoms. The molecular weight excluding hydrogens is 414 g/mol. The molecule has 0 unspecified atom stereocenters. The average Bonchev–Trinajstić information content (AvgIpc) is 2.76. The van der Waals surface area contributed by atoms with Crippen molar-refractivity contribution in [1.82, 2.24) is 9.99 Å². The fraction of sp³-hybridized carbons (Fsp3) is 0.292. The first-order chi connectivity index (χ1) is 15.0. The maximum Gasteiger partial charge on any atom is 0.280 e. The standard InChI is InChI=1S/C24H26ClN3O3/c1-2-3-4-5-8-14-28-20-13-7-6-12-19(20)22(29)21(24(28)31)23(30)27-26-16-17-10-9-11-18(25)15-17/h6-7,9-13,15-16,29H,2-5,8,14H2,1H3,(H,27,30)/b26-16+. The van der Waals surface area contributed by atoms with Gasteiger partial charge in [0.2, 0.25) is 0 Å². The van der Waals surface area contributed by atoms with Gasteiger partial charge in [-0.1, -0.05) is 68.5 Å². The molecule has 3 aromatic rings. The van der Waals surface area contributed by atoms with Crippen molar-refractivity contribution in [3.8, 4) is 5.75 Å². The van der Waals surface area contributed by atoms with Crippen molar-refractivity contribution in [3.63, 3.8) is 0 Å². The van der Waals surface area contributed by atoms with Gasteiger partial charge in [-0.2, -0.15) is 5.10 Å². The lowest BCUT2D eigenvalue weighted by Crippen LogP contribution is -2.31. The van der Waals surface area contributed by atoms with E-state index in [1.54, 1.807) is 47.0 Å². The zero-order valence-corrected chi connectivity index (χ0v) is 18.2. The number of benzene rings is 2. The number of amides is 1. The van der Waals surface area contributed by atoms with Crippen molar-refractivity contribution >= 4 is 34.6 Å². The molecule has 31 heavy (non-hydrogen) atoms. The molecular formula is C24H26ClN3O3. The number of aryl methyl sites for hydroxylation is 1. The van der Waals surface area contributed by atoms with Crippen molar-refractivity contribution in [3.05, 3.63) is 75.0 Å². The van der Waals surface area contributed by atoms with E-state index in [1.165, 1.54) is 6.21 Å². The summed E-state index contributed by atoms with van der Waals surface area (Å²) in [6.07, 6.45) is 6.65. The quantitative estimate of drug-likeness (QED) is 0.276. The largest absolute Gasteiger partial charge is 0.506 e. The maximum atomic E-state index is 13.1. The van der Waals surface area contributed by atoms with E-state index < -0.39 is 11.5 Å². The number of aromatic nitrogens is 1. The molecule has 1 aromatic heterocycles. The van der Waals surface area contributed by atoms with Crippen LogP contribution in [0, 0.1) is 0 Å². The minimum atomic E-state index is -0.758. The highest BCUT2D eigenvalue weighted by Crippen LogP contribution is 2.26. The molecule has 0 saturated carbocycles. The first-order valence-electron chi connectivity index (χ1n) is 10.5. The van der Waals surface area contributed by atoms with Gasteiger partial charge in [0.15, 0.2) is 0 Å². The van der Waals surface area contributed by atoms with Crippen LogP contribution in [0.3, 0.4) is 0 Å². The number of rotatable bonds is 9. The normalized spacial score (nSPS) is 11.3. The molecule has 2 N–H and O–H groups in total. The molecule has 1 amide bonds. The third kappa shape index (κ3) is 5.52. The van der Waals surface area contributed by atoms with Gasteiger partial charge in [-0.15, -0.1) is 0 Å². The van der Waals surface area contributed by atoms with Crippen LogP contribution in [-0.4, -0.2) is 21.8 Å². The molecule has 0 saturated heterocycles. The van der Waals surface area contributed by atoms with E-state index in [2.05, 4.69) is 17.5 Å². The van der Waals surface area contributed by atoms with Gasteiger partial charge < -0.3 is 9.67 Å². The number of nitrogens with one attached hydrogen (secondary N) is 1. The summed E-state index contributed by atoms with van der Waals surface area (Å²) in [5.74, 6) is -1.09. The van der Waals surface area contributed by atoms with Gasteiger partial charge in [-0.25, -0.2) is 5.43 Å². The van der Waals surface area contributed by atoms with Crippen LogP contribution in [0.15, 0.2) is 58.4 Å². The van der Waals surface area contributed by atoms with Crippen molar-refractivity contribution in [2.45, 2.75) is 45.6 Å². The van der Waals surface area contributed by atoms with E-state index in [4.69, 9.17) is 11.6 Å². The molecule has 0 aliphatic carbocycles. The van der Waals surface area contributed by atoms with Gasteiger partial charge in [0.25, 0.3) is 11.5 Å². The van der Waals surface area contributed by atoms with Gasteiger partial charge in [0.1, 0.15) is 11.3 Å². The van der Waals surface area contributed by atoms with Crippen LogP contribution < -0.4 is 11.0 Å². The number of para-hydroxylation sites is 1. The van der Waals surface area contributed by atoms with E-state index in [-0.39, 0.29) is 11.3 Å². The fourth-order valence-corrected chi connectivity index (χ4v) is 3.70. The summed E-state index contributed by atoms with van der Waals surface area (Å²) < 4.78 is 1.57. The number of halogens is 1. The van der Waals surface area contributed by atoms with Crippen molar-refractivity contribution in [2.75, 3.05) is 0 Å². The summed E-state index contributed by atoms with van der Waals surface area (Å²) in [5.41, 5.74) is 2.81. The Morgan fingerprint density at radius 2 is 1.90 bits per heavy atom. The summed E-state index contributed by atoms with van der Waals surface area (Å²) >= 11 is 5.94. The molecule has 0 atom stereocenters. The average molecular weight is 440 g/mol. The first-order valence-corrected chi connectivity index (χ1v) is 10.8. The second-order valence-electron chi connectivity index (χ2n) is 7.37. The smallest absolute Gasteiger partial charge is 0.280 e. The summed E-state index contributed by atoms with van der Waals surface area (Å²) in [6.45, 7) is 2.63. The minimum Gasteiger partial charge on any atom is -0.506 e. The van der Waals surface area contributed by atoms with E-state index in [9.17, 15) is 14.7 Å². The third-order valence-corrected chi connectivity index (χ3v) is 5.32. The maximum absolute atomic E-state index is 13.1. The van der Waals surface area contributed by atoms with Crippen LogP contribution in [0.5, 0.6) is 5.75 Å². The summed E-state index contributed by atoms with van der Waals surface area (Å²) in [6, 6.07) is 14.0.